The summed E-state index contributed by atoms with van der Waals surface area (Å²) in [6.45, 7) is -0.0925. The van der Waals surface area contributed by atoms with E-state index in [9.17, 15) is 41.4 Å². The lowest BCUT2D eigenvalue weighted by Crippen LogP contribution is -2.63. The molecule has 0 aromatic carbocycles. The molecule has 3 aromatic rings. The Morgan fingerprint density at radius 1 is 1.19 bits per heavy atom. The molecule has 0 spiro atoms. The van der Waals surface area contributed by atoms with Crippen molar-refractivity contribution < 1.29 is 36.6 Å². The number of β-amino-alcohol motifs (C(OH)–C–C–N with tert-alkyl or cyclic N) is 1. The second-order valence-electron chi connectivity index (χ2n) is 8.99. The second-order valence-corrected chi connectivity index (χ2v) is 8.99. The standard InChI is InChI=1S/C23H18F5N5O4/c24-11-6-15(25)20(29-8-11)33-10-14(21(37)31-22(4-1-5-22)23(26,27)28)18(36)13-2-3-16(30-19(13)33)32-9-12(34)7-17(32)35/h2-3,6,8,10,12,34H,1,4-5,7,9H2,(H,31,37)/t12-/m0/s1. The van der Waals surface area contributed by atoms with Crippen LogP contribution in [0.5, 0.6) is 0 Å². The molecule has 3 aromatic heterocycles. The molecule has 0 bridgehead atoms. The minimum atomic E-state index is -4.76. The smallest absolute Gasteiger partial charge is 0.391 e. The van der Waals surface area contributed by atoms with E-state index in [1.54, 1.807) is 0 Å². The molecule has 4 heterocycles. The van der Waals surface area contributed by atoms with Gasteiger partial charge in [0.25, 0.3) is 5.91 Å². The predicted octanol–water partition coefficient (Wildman–Crippen LogP) is 2.37. The summed E-state index contributed by atoms with van der Waals surface area (Å²) in [6, 6.07) is 2.92. The van der Waals surface area contributed by atoms with Crippen LogP contribution in [0.3, 0.4) is 0 Å². The molecule has 5 rings (SSSR count). The number of hydrogen-bond acceptors (Lipinski definition) is 6. The van der Waals surface area contributed by atoms with Crippen molar-refractivity contribution in [3.8, 4) is 5.82 Å². The molecular formula is C23H18F5N5O4. The maximum atomic E-state index is 14.7. The third kappa shape index (κ3) is 4.10. The molecule has 194 valence electrons. The van der Waals surface area contributed by atoms with Crippen molar-refractivity contribution in [2.45, 2.75) is 43.5 Å². The normalized spacial score (nSPS) is 19.2. The fourth-order valence-electron chi connectivity index (χ4n) is 4.46. The Balaban J connectivity index is 1.69. The summed E-state index contributed by atoms with van der Waals surface area (Å²) in [5.41, 5.74) is -4.51. The number of fused-ring (bicyclic) bond motifs is 1. The third-order valence-corrected chi connectivity index (χ3v) is 6.58. The lowest BCUT2D eigenvalue weighted by atomic mass is 9.76. The Hall–Kier alpha value is -3.94. The topological polar surface area (TPSA) is 117 Å². The summed E-state index contributed by atoms with van der Waals surface area (Å²) < 4.78 is 69.9. The maximum Gasteiger partial charge on any atom is 0.411 e. The molecule has 1 saturated heterocycles. The molecule has 14 heteroatoms. The number of amides is 2. The number of carbonyl (C=O) groups is 2. The Bertz CT molecular complexity index is 1500. The number of anilines is 1. The summed E-state index contributed by atoms with van der Waals surface area (Å²) in [4.78, 5) is 47.4. The van der Waals surface area contributed by atoms with Crippen molar-refractivity contribution in [1.82, 2.24) is 19.9 Å². The summed E-state index contributed by atoms with van der Waals surface area (Å²) >= 11 is 0. The van der Waals surface area contributed by atoms with Crippen LogP contribution in [0.15, 0.2) is 35.4 Å². The third-order valence-electron chi connectivity index (χ3n) is 6.58. The molecular weight excluding hydrogens is 505 g/mol. The van der Waals surface area contributed by atoms with Crippen LogP contribution in [0.2, 0.25) is 0 Å². The minimum Gasteiger partial charge on any atom is -0.391 e. The Morgan fingerprint density at radius 2 is 1.92 bits per heavy atom. The zero-order valence-corrected chi connectivity index (χ0v) is 18.9. The average Bonchev–Trinajstić information content (AvgIpc) is 3.13. The number of carbonyl (C=O) groups excluding carboxylic acids is 2. The van der Waals surface area contributed by atoms with Crippen molar-refractivity contribution in [3.05, 3.63) is 58.0 Å². The molecule has 1 aliphatic carbocycles. The van der Waals surface area contributed by atoms with Crippen molar-refractivity contribution in [3.63, 3.8) is 0 Å². The first-order valence-corrected chi connectivity index (χ1v) is 11.2. The number of aliphatic hydroxyl groups excluding tert-OH is 1. The van der Waals surface area contributed by atoms with Gasteiger partial charge in [0.05, 0.1) is 30.7 Å². The molecule has 2 aliphatic rings. The van der Waals surface area contributed by atoms with Gasteiger partial charge in [-0.25, -0.2) is 18.7 Å². The van der Waals surface area contributed by atoms with E-state index in [1.807, 2.05) is 5.32 Å². The number of nitrogens with zero attached hydrogens (tertiary/aromatic N) is 4. The van der Waals surface area contributed by atoms with Crippen LogP contribution < -0.4 is 15.6 Å². The van der Waals surface area contributed by atoms with Gasteiger partial charge in [-0.15, -0.1) is 0 Å². The summed E-state index contributed by atoms with van der Waals surface area (Å²) in [7, 11) is 0. The van der Waals surface area contributed by atoms with E-state index in [0.29, 0.717) is 12.3 Å². The Morgan fingerprint density at radius 3 is 2.49 bits per heavy atom. The largest absolute Gasteiger partial charge is 0.411 e. The number of nitrogens with one attached hydrogen (secondary N) is 1. The maximum absolute atomic E-state index is 14.7. The number of halogens is 5. The molecule has 0 radical (unpaired) electrons. The van der Waals surface area contributed by atoms with Gasteiger partial charge in [0, 0.05) is 12.3 Å². The van der Waals surface area contributed by atoms with E-state index < -0.39 is 58.1 Å². The van der Waals surface area contributed by atoms with E-state index in [4.69, 9.17) is 0 Å². The number of pyridine rings is 3. The van der Waals surface area contributed by atoms with Gasteiger partial charge in [-0.3, -0.25) is 23.9 Å². The monoisotopic (exact) mass is 523 g/mol. The zero-order chi connectivity index (χ0) is 26.7. The van der Waals surface area contributed by atoms with Gasteiger partial charge in [0.1, 0.15) is 22.7 Å². The van der Waals surface area contributed by atoms with Crippen LogP contribution in [-0.2, 0) is 4.79 Å². The van der Waals surface area contributed by atoms with Crippen LogP contribution in [0, 0.1) is 11.6 Å². The van der Waals surface area contributed by atoms with Crippen LogP contribution in [-0.4, -0.2) is 55.8 Å². The highest BCUT2D eigenvalue weighted by Crippen LogP contribution is 2.45. The summed E-state index contributed by atoms with van der Waals surface area (Å²) in [6.07, 6.45) is -4.93. The SMILES string of the molecule is O=C(NC1(C(F)(F)F)CCC1)c1cn(-c2ncc(F)cc2F)c2nc(N3C[C@@H](O)CC3=O)ccc2c1=O. The number of aliphatic hydroxyl groups is 1. The fraction of sp³-hybridized carbons (Fsp3) is 0.348. The van der Waals surface area contributed by atoms with E-state index >= 15 is 0 Å². The summed E-state index contributed by atoms with van der Waals surface area (Å²) in [5.74, 6) is -4.62. The zero-order valence-electron chi connectivity index (χ0n) is 18.9. The molecule has 9 nitrogen and oxygen atoms in total. The van der Waals surface area contributed by atoms with Gasteiger partial charge in [-0.05, 0) is 31.4 Å². The highest BCUT2D eigenvalue weighted by atomic mass is 19.4. The molecule has 2 amide bonds. The Kier molecular flexibility index (Phi) is 5.73. The predicted molar refractivity (Wildman–Crippen MR) is 118 cm³/mol. The van der Waals surface area contributed by atoms with Crippen molar-refractivity contribution in [1.29, 1.82) is 0 Å². The number of rotatable bonds is 4. The van der Waals surface area contributed by atoms with Gasteiger partial charge in [-0.1, -0.05) is 0 Å². The van der Waals surface area contributed by atoms with Gasteiger partial charge in [-0.2, -0.15) is 13.2 Å². The average molecular weight is 523 g/mol. The fourth-order valence-corrected chi connectivity index (χ4v) is 4.46. The van der Waals surface area contributed by atoms with Gasteiger partial charge in [0.2, 0.25) is 11.3 Å². The highest BCUT2D eigenvalue weighted by Gasteiger charge is 2.59. The lowest BCUT2D eigenvalue weighted by Gasteiger charge is -2.43. The van der Waals surface area contributed by atoms with Crippen LogP contribution in [0.4, 0.5) is 27.8 Å². The van der Waals surface area contributed by atoms with Crippen molar-refractivity contribution in [2.75, 3.05) is 11.4 Å². The van der Waals surface area contributed by atoms with Crippen LogP contribution >= 0.6 is 0 Å². The molecule has 1 saturated carbocycles. The van der Waals surface area contributed by atoms with Gasteiger partial charge >= 0.3 is 6.18 Å². The van der Waals surface area contributed by atoms with Crippen molar-refractivity contribution >= 4 is 28.7 Å². The molecule has 37 heavy (non-hydrogen) atoms. The van der Waals surface area contributed by atoms with Crippen LogP contribution in [0.25, 0.3) is 16.9 Å². The first-order chi connectivity index (χ1) is 17.4. The quantitative estimate of drug-likeness (QED) is 0.508. The van der Waals surface area contributed by atoms with Gasteiger partial charge < -0.3 is 10.4 Å². The highest BCUT2D eigenvalue weighted by molar-refractivity contribution is 5.99. The van der Waals surface area contributed by atoms with Crippen LogP contribution in [0.1, 0.15) is 36.0 Å². The lowest BCUT2D eigenvalue weighted by molar-refractivity contribution is -0.215. The first kappa shape index (κ1) is 24.7. The van der Waals surface area contributed by atoms with E-state index in [1.165, 1.54) is 12.1 Å². The van der Waals surface area contributed by atoms with E-state index in [-0.39, 0.29) is 49.1 Å². The minimum absolute atomic E-state index is 0.00702. The molecule has 0 unspecified atom stereocenters. The molecule has 2 fully saturated rings. The second kappa shape index (κ2) is 8.57. The first-order valence-electron chi connectivity index (χ1n) is 11.2. The molecule has 1 atom stereocenters. The number of aromatic nitrogens is 3. The van der Waals surface area contributed by atoms with Crippen molar-refractivity contribution in [2.24, 2.45) is 0 Å². The van der Waals surface area contributed by atoms with E-state index in [0.717, 1.165) is 15.7 Å². The molecule has 2 N–H and O–H groups in total. The van der Waals surface area contributed by atoms with E-state index in [2.05, 4.69) is 9.97 Å². The number of alkyl halides is 3. The number of hydrogen-bond donors (Lipinski definition) is 2. The van der Waals surface area contributed by atoms with Gasteiger partial charge in [0.15, 0.2) is 17.3 Å². The summed E-state index contributed by atoms with van der Waals surface area (Å²) in [5, 5.41) is 11.4. The molecule has 1 aliphatic heterocycles. The Labute approximate surface area is 204 Å².